The molecule has 1 aromatic rings. The minimum atomic E-state index is -0.685. The standard InChI is InChI=1S/C14H16O3/c1-9-7-10-8-11(3-4-12(10)17-9)14(13(15)16)5-2-6-14/h3-4,8-9H,2,5-7H2,1H3,(H,15,16). The van der Waals surface area contributed by atoms with Crippen LogP contribution in [0.25, 0.3) is 0 Å². The Kier molecular flexibility index (Phi) is 2.18. The van der Waals surface area contributed by atoms with E-state index in [4.69, 9.17) is 4.74 Å². The summed E-state index contributed by atoms with van der Waals surface area (Å²) >= 11 is 0. The van der Waals surface area contributed by atoms with Gasteiger partial charge in [-0.1, -0.05) is 18.6 Å². The van der Waals surface area contributed by atoms with Crippen LogP contribution in [0.15, 0.2) is 18.2 Å². The van der Waals surface area contributed by atoms with E-state index in [-0.39, 0.29) is 6.10 Å². The smallest absolute Gasteiger partial charge is 0.314 e. The lowest BCUT2D eigenvalue weighted by Gasteiger charge is -2.38. The van der Waals surface area contributed by atoms with Gasteiger partial charge in [-0.15, -0.1) is 0 Å². The molecule has 0 radical (unpaired) electrons. The molecular weight excluding hydrogens is 216 g/mol. The van der Waals surface area contributed by atoms with Crippen LogP contribution in [0.5, 0.6) is 5.75 Å². The highest BCUT2D eigenvalue weighted by Crippen LogP contribution is 2.45. The number of carboxylic acids is 1. The lowest BCUT2D eigenvalue weighted by Crippen LogP contribution is -2.42. The zero-order valence-electron chi connectivity index (χ0n) is 9.90. The van der Waals surface area contributed by atoms with Gasteiger partial charge in [0.1, 0.15) is 11.9 Å². The topological polar surface area (TPSA) is 46.5 Å². The van der Waals surface area contributed by atoms with Crippen molar-refractivity contribution in [3.63, 3.8) is 0 Å². The molecule has 3 rings (SSSR count). The molecule has 90 valence electrons. The van der Waals surface area contributed by atoms with E-state index in [0.29, 0.717) is 0 Å². The second kappa shape index (κ2) is 3.49. The summed E-state index contributed by atoms with van der Waals surface area (Å²) < 4.78 is 5.64. The van der Waals surface area contributed by atoms with Crippen LogP contribution in [-0.4, -0.2) is 17.2 Å². The molecule has 0 saturated heterocycles. The summed E-state index contributed by atoms with van der Waals surface area (Å²) in [6.45, 7) is 2.04. The maximum absolute atomic E-state index is 11.4. The Labute approximate surface area is 100 Å². The molecule has 0 aromatic heterocycles. The molecule has 1 atom stereocenters. The van der Waals surface area contributed by atoms with E-state index in [1.54, 1.807) is 0 Å². The van der Waals surface area contributed by atoms with Crippen molar-refractivity contribution in [2.75, 3.05) is 0 Å². The molecule has 2 aliphatic rings. The van der Waals surface area contributed by atoms with Crippen molar-refractivity contribution < 1.29 is 14.6 Å². The quantitative estimate of drug-likeness (QED) is 0.852. The van der Waals surface area contributed by atoms with Crippen molar-refractivity contribution in [2.45, 2.75) is 44.1 Å². The van der Waals surface area contributed by atoms with Gasteiger partial charge >= 0.3 is 5.97 Å². The molecule has 1 aliphatic carbocycles. The predicted molar refractivity (Wildman–Crippen MR) is 63.4 cm³/mol. The van der Waals surface area contributed by atoms with Crippen LogP contribution < -0.4 is 4.74 Å². The molecule has 1 fully saturated rings. The third-order valence-electron chi connectivity index (χ3n) is 4.07. The van der Waals surface area contributed by atoms with Gasteiger partial charge in [-0.25, -0.2) is 0 Å². The highest BCUT2D eigenvalue weighted by Gasteiger charge is 2.46. The van der Waals surface area contributed by atoms with Gasteiger partial charge in [-0.05, 0) is 37.0 Å². The van der Waals surface area contributed by atoms with Crippen LogP contribution in [0.2, 0.25) is 0 Å². The average molecular weight is 232 g/mol. The first-order valence-electron chi connectivity index (χ1n) is 6.15. The van der Waals surface area contributed by atoms with E-state index in [1.807, 2.05) is 25.1 Å². The summed E-state index contributed by atoms with van der Waals surface area (Å²) in [5.74, 6) is 0.233. The van der Waals surface area contributed by atoms with Crippen molar-refractivity contribution >= 4 is 5.97 Å². The van der Waals surface area contributed by atoms with Crippen molar-refractivity contribution in [3.05, 3.63) is 29.3 Å². The van der Waals surface area contributed by atoms with E-state index < -0.39 is 11.4 Å². The Balaban J connectivity index is 2.00. The highest BCUT2D eigenvalue weighted by atomic mass is 16.5. The normalized spacial score (nSPS) is 24.6. The zero-order valence-corrected chi connectivity index (χ0v) is 9.90. The van der Waals surface area contributed by atoms with Crippen molar-refractivity contribution in [1.29, 1.82) is 0 Å². The Morgan fingerprint density at radius 3 is 2.82 bits per heavy atom. The predicted octanol–water partition coefficient (Wildman–Crippen LogP) is 2.52. The van der Waals surface area contributed by atoms with Crippen LogP contribution in [0, 0.1) is 0 Å². The fourth-order valence-corrected chi connectivity index (χ4v) is 2.88. The number of rotatable bonds is 2. The molecule has 0 bridgehead atoms. The first-order valence-corrected chi connectivity index (χ1v) is 6.15. The molecule has 3 nitrogen and oxygen atoms in total. The Morgan fingerprint density at radius 1 is 1.47 bits per heavy atom. The van der Waals surface area contributed by atoms with Gasteiger partial charge in [0.25, 0.3) is 0 Å². The number of aliphatic carboxylic acids is 1. The third-order valence-corrected chi connectivity index (χ3v) is 4.07. The number of fused-ring (bicyclic) bond motifs is 1. The fourth-order valence-electron chi connectivity index (χ4n) is 2.88. The van der Waals surface area contributed by atoms with Crippen LogP contribution in [0.3, 0.4) is 0 Å². The number of benzene rings is 1. The molecule has 1 heterocycles. The van der Waals surface area contributed by atoms with Gasteiger partial charge in [0.15, 0.2) is 0 Å². The molecule has 1 unspecified atom stereocenters. The minimum Gasteiger partial charge on any atom is -0.490 e. The van der Waals surface area contributed by atoms with Crippen LogP contribution in [0.1, 0.15) is 37.3 Å². The third kappa shape index (κ3) is 1.45. The minimum absolute atomic E-state index is 0.211. The summed E-state index contributed by atoms with van der Waals surface area (Å²) in [6.07, 6.45) is 3.63. The summed E-state index contributed by atoms with van der Waals surface area (Å²) in [7, 11) is 0. The van der Waals surface area contributed by atoms with E-state index in [2.05, 4.69) is 0 Å². The molecule has 1 saturated carbocycles. The summed E-state index contributed by atoms with van der Waals surface area (Å²) in [6, 6.07) is 5.88. The van der Waals surface area contributed by atoms with Gasteiger partial charge < -0.3 is 9.84 Å². The van der Waals surface area contributed by atoms with Gasteiger partial charge in [-0.2, -0.15) is 0 Å². The molecule has 0 amide bonds. The first-order chi connectivity index (χ1) is 8.12. The first kappa shape index (κ1) is 10.6. The van der Waals surface area contributed by atoms with Crippen LogP contribution in [0.4, 0.5) is 0 Å². The molecule has 1 N–H and O–H groups in total. The van der Waals surface area contributed by atoms with Gasteiger partial charge in [0.05, 0.1) is 5.41 Å². The Bertz CT molecular complexity index is 474. The maximum Gasteiger partial charge on any atom is 0.314 e. The number of hydrogen-bond donors (Lipinski definition) is 1. The second-order valence-corrected chi connectivity index (χ2v) is 5.20. The SMILES string of the molecule is CC1Cc2cc(C3(C(=O)O)CCC3)ccc2O1. The summed E-state index contributed by atoms with van der Waals surface area (Å²) in [5.41, 5.74) is 1.48. The monoisotopic (exact) mass is 232 g/mol. The molecule has 17 heavy (non-hydrogen) atoms. The molecule has 1 aromatic carbocycles. The van der Waals surface area contributed by atoms with E-state index in [0.717, 1.165) is 42.6 Å². The molecule has 0 spiro atoms. The number of ether oxygens (including phenoxy) is 1. The molecule has 3 heteroatoms. The highest BCUT2D eigenvalue weighted by molar-refractivity contribution is 5.82. The van der Waals surface area contributed by atoms with Crippen LogP contribution >= 0.6 is 0 Å². The summed E-state index contributed by atoms with van der Waals surface area (Å²) in [5, 5.41) is 9.41. The number of hydrogen-bond acceptors (Lipinski definition) is 2. The van der Waals surface area contributed by atoms with Crippen LogP contribution in [-0.2, 0) is 16.6 Å². The van der Waals surface area contributed by atoms with E-state index in [9.17, 15) is 9.90 Å². The largest absolute Gasteiger partial charge is 0.490 e. The maximum atomic E-state index is 11.4. The Morgan fingerprint density at radius 2 is 2.24 bits per heavy atom. The van der Waals surface area contributed by atoms with Gasteiger partial charge in [-0.3, -0.25) is 4.79 Å². The summed E-state index contributed by atoms with van der Waals surface area (Å²) in [4.78, 5) is 11.4. The lowest BCUT2D eigenvalue weighted by atomic mass is 9.64. The van der Waals surface area contributed by atoms with Gasteiger partial charge in [0, 0.05) is 6.42 Å². The van der Waals surface area contributed by atoms with Gasteiger partial charge in [0.2, 0.25) is 0 Å². The molecular formula is C14H16O3. The second-order valence-electron chi connectivity index (χ2n) is 5.20. The number of carboxylic acid groups (broad SMARTS) is 1. The van der Waals surface area contributed by atoms with Crippen molar-refractivity contribution in [1.82, 2.24) is 0 Å². The molecule has 1 aliphatic heterocycles. The van der Waals surface area contributed by atoms with Crippen molar-refractivity contribution in [2.24, 2.45) is 0 Å². The van der Waals surface area contributed by atoms with E-state index >= 15 is 0 Å². The zero-order chi connectivity index (χ0) is 12.0. The fraction of sp³-hybridized carbons (Fsp3) is 0.500. The van der Waals surface area contributed by atoms with Crippen molar-refractivity contribution in [3.8, 4) is 5.75 Å². The average Bonchev–Trinajstić information content (AvgIpc) is 2.54. The Hall–Kier alpha value is -1.51. The number of carbonyl (C=O) groups is 1. The lowest BCUT2D eigenvalue weighted by molar-refractivity contribution is -0.147. The van der Waals surface area contributed by atoms with E-state index in [1.165, 1.54) is 0 Å².